The molecule has 0 amide bonds. The zero-order valence-corrected chi connectivity index (χ0v) is 49.8. The van der Waals surface area contributed by atoms with Gasteiger partial charge in [0.15, 0.2) is 24.6 Å². The van der Waals surface area contributed by atoms with E-state index in [0.29, 0.717) is 19.3 Å². The number of aliphatic hydroxyl groups excluding tert-OH is 2. The molecule has 12 heteroatoms. The number of aliphatic hydroxyl groups is 2. The standard InChI is InChI=1S/C67H112O12/c1-4-7-10-13-16-19-22-24-26-28-30-32-34-36-39-41-44-47-50-53-59(68)75-56-58(77-60(69)54-51-48-45-42-38-21-18-15-12-9-6-3)57-76-67-65(63(72)62(71)64(79-67)66(73)74)78-61(70)55-52-49-46-43-40-37-35-33-31-29-27-25-23-20-17-14-11-8-5-2/h7,10,16,19,24-27,30,32,36,39,44,47,58,62-65,67,71-72H,4-6,8-9,11-15,17-18,20-23,28-29,31,33-35,37-38,40-43,45-46,48-57H2,1-3H3,(H,73,74)/b10-7-,19-16-,26-24-,27-25-,32-30-,39-36-,47-44-. The molecule has 1 heterocycles. The van der Waals surface area contributed by atoms with Crippen LogP contribution < -0.4 is 0 Å². The molecule has 6 unspecified atom stereocenters. The first-order valence-corrected chi connectivity index (χ1v) is 31.6. The SMILES string of the molecule is CC/C=C\C/C=C\C/C=C\C/C=C\C/C=C\C/C=C\CCC(=O)OCC(COC1OC(C(=O)O)C(O)C(O)C1OC(=O)CCCCCCCCCCC/C=C\CCCCCCCC)OC(=O)CCCCCCCCCCCCC. The minimum Gasteiger partial charge on any atom is -0.479 e. The van der Waals surface area contributed by atoms with Crippen LogP contribution in [0.2, 0.25) is 0 Å². The highest BCUT2D eigenvalue weighted by Gasteiger charge is 2.50. The monoisotopic (exact) mass is 1110 g/mol. The predicted octanol–water partition coefficient (Wildman–Crippen LogP) is 16.7. The van der Waals surface area contributed by atoms with Gasteiger partial charge in [0.05, 0.1) is 6.61 Å². The van der Waals surface area contributed by atoms with Crippen LogP contribution in [-0.4, -0.2) is 89.2 Å². The van der Waals surface area contributed by atoms with Gasteiger partial charge in [-0.3, -0.25) is 14.4 Å². The minimum atomic E-state index is -1.91. The van der Waals surface area contributed by atoms with Crippen LogP contribution in [0.4, 0.5) is 0 Å². The molecule has 1 rings (SSSR count). The fourth-order valence-electron chi connectivity index (χ4n) is 9.15. The van der Waals surface area contributed by atoms with Crippen LogP contribution in [0.25, 0.3) is 0 Å². The van der Waals surface area contributed by atoms with Crippen molar-refractivity contribution in [3.05, 3.63) is 85.1 Å². The molecule has 0 aromatic heterocycles. The largest absolute Gasteiger partial charge is 0.479 e. The van der Waals surface area contributed by atoms with Crippen molar-refractivity contribution in [3.63, 3.8) is 0 Å². The van der Waals surface area contributed by atoms with E-state index in [-0.39, 0.29) is 25.9 Å². The van der Waals surface area contributed by atoms with E-state index in [2.05, 4.69) is 93.7 Å². The van der Waals surface area contributed by atoms with Crippen molar-refractivity contribution in [2.24, 2.45) is 0 Å². The van der Waals surface area contributed by atoms with Crippen LogP contribution in [0, 0.1) is 0 Å². The maximum absolute atomic E-state index is 13.1. The van der Waals surface area contributed by atoms with Gasteiger partial charge in [0.25, 0.3) is 0 Å². The molecule has 3 N–H and O–H groups in total. The molecule has 1 aliphatic rings. The zero-order chi connectivity index (χ0) is 57.5. The Kier molecular flexibility index (Phi) is 50.3. The summed E-state index contributed by atoms with van der Waals surface area (Å²) in [5.74, 6) is -3.22. The molecule has 6 atom stereocenters. The summed E-state index contributed by atoms with van der Waals surface area (Å²) in [6.45, 7) is 5.82. The predicted molar refractivity (Wildman–Crippen MR) is 321 cm³/mol. The lowest BCUT2D eigenvalue weighted by Gasteiger charge is -2.40. The van der Waals surface area contributed by atoms with Crippen LogP contribution in [-0.2, 0) is 42.9 Å². The smallest absolute Gasteiger partial charge is 0.335 e. The number of carboxylic acid groups (broad SMARTS) is 1. The molecule has 0 aliphatic carbocycles. The molecular weight excluding hydrogens is 997 g/mol. The Morgan fingerprint density at radius 3 is 1.27 bits per heavy atom. The summed E-state index contributed by atoms with van der Waals surface area (Å²) in [7, 11) is 0. The third-order valence-corrected chi connectivity index (χ3v) is 14.0. The number of rotatable bonds is 53. The highest BCUT2D eigenvalue weighted by Crippen LogP contribution is 2.26. The van der Waals surface area contributed by atoms with Gasteiger partial charge in [0.2, 0.25) is 0 Å². The molecule has 1 aliphatic heterocycles. The fraction of sp³-hybridized carbons (Fsp3) is 0.731. The van der Waals surface area contributed by atoms with Gasteiger partial charge >= 0.3 is 23.9 Å². The second-order valence-corrected chi connectivity index (χ2v) is 21.3. The van der Waals surface area contributed by atoms with Gasteiger partial charge in [-0.2, -0.15) is 0 Å². The van der Waals surface area contributed by atoms with Crippen molar-refractivity contribution in [2.75, 3.05) is 13.2 Å². The molecule has 0 spiro atoms. The van der Waals surface area contributed by atoms with E-state index >= 15 is 0 Å². The van der Waals surface area contributed by atoms with Crippen LogP contribution >= 0.6 is 0 Å². The Labute approximate surface area is 480 Å². The summed E-state index contributed by atoms with van der Waals surface area (Å²) in [6.07, 6.45) is 58.5. The Hall–Kier alpha value is -4.10. The molecular formula is C67H112O12. The molecule has 1 fully saturated rings. The minimum absolute atomic E-state index is 0.0502. The first-order chi connectivity index (χ1) is 38.6. The first kappa shape index (κ1) is 72.9. The van der Waals surface area contributed by atoms with E-state index in [1.165, 1.54) is 116 Å². The number of hydrogen-bond donors (Lipinski definition) is 3. The Morgan fingerprint density at radius 1 is 0.430 bits per heavy atom. The molecule has 79 heavy (non-hydrogen) atoms. The molecule has 0 aromatic carbocycles. The van der Waals surface area contributed by atoms with Gasteiger partial charge in [0.1, 0.15) is 18.8 Å². The van der Waals surface area contributed by atoms with Gasteiger partial charge in [0, 0.05) is 19.3 Å². The van der Waals surface area contributed by atoms with Crippen LogP contribution in [0.15, 0.2) is 85.1 Å². The summed E-state index contributed by atoms with van der Waals surface area (Å²) < 4.78 is 28.4. The van der Waals surface area contributed by atoms with Crippen molar-refractivity contribution in [1.29, 1.82) is 0 Å². The summed E-state index contributed by atoms with van der Waals surface area (Å²) in [4.78, 5) is 51.2. The van der Waals surface area contributed by atoms with E-state index in [9.17, 15) is 34.5 Å². The number of carbonyl (C=O) groups is 4. The second kappa shape index (κ2) is 54.5. The quantitative estimate of drug-likeness (QED) is 0.0228. The topological polar surface area (TPSA) is 175 Å². The number of allylic oxidation sites excluding steroid dienone is 14. The molecule has 12 nitrogen and oxygen atoms in total. The number of unbranched alkanes of at least 4 members (excludes halogenated alkanes) is 25. The van der Waals surface area contributed by atoms with Gasteiger partial charge in [-0.05, 0) is 83.5 Å². The summed E-state index contributed by atoms with van der Waals surface area (Å²) >= 11 is 0. The highest BCUT2D eigenvalue weighted by molar-refractivity contribution is 5.74. The van der Waals surface area contributed by atoms with Gasteiger partial charge < -0.3 is 39.0 Å². The van der Waals surface area contributed by atoms with Crippen molar-refractivity contribution in [2.45, 2.75) is 302 Å². The van der Waals surface area contributed by atoms with E-state index in [0.717, 1.165) is 89.9 Å². The fourth-order valence-corrected chi connectivity index (χ4v) is 9.15. The number of ether oxygens (including phenoxy) is 5. The Balaban J connectivity index is 2.67. The number of carbonyl (C=O) groups excluding carboxylic acids is 3. The van der Waals surface area contributed by atoms with E-state index in [1.807, 2.05) is 12.2 Å². The van der Waals surface area contributed by atoms with E-state index < -0.39 is 67.3 Å². The lowest BCUT2D eigenvalue weighted by molar-refractivity contribution is -0.301. The Bertz CT molecular complexity index is 1700. The summed E-state index contributed by atoms with van der Waals surface area (Å²) in [6, 6.07) is 0. The van der Waals surface area contributed by atoms with E-state index in [4.69, 9.17) is 23.7 Å². The summed E-state index contributed by atoms with van der Waals surface area (Å²) in [5, 5.41) is 31.5. The molecule has 0 radical (unpaired) electrons. The maximum Gasteiger partial charge on any atom is 0.335 e. The van der Waals surface area contributed by atoms with Crippen LogP contribution in [0.3, 0.4) is 0 Å². The lowest BCUT2D eigenvalue weighted by Crippen LogP contribution is -2.61. The average molecular weight is 1110 g/mol. The number of hydrogen-bond acceptors (Lipinski definition) is 11. The third-order valence-electron chi connectivity index (χ3n) is 14.0. The average Bonchev–Trinajstić information content (AvgIpc) is 3.48. The molecule has 0 saturated carbocycles. The zero-order valence-electron chi connectivity index (χ0n) is 49.8. The number of esters is 3. The van der Waals surface area contributed by atoms with E-state index in [1.54, 1.807) is 0 Å². The lowest BCUT2D eigenvalue weighted by atomic mass is 9.98. The van der Waals surface area contributed by atoms with Gasteiger partial charge in [-0.15, -0.1) is 0 Å². The van der Waals surface area contributed by atoms with Crippen LogP contribution in [0.5, 0.6) is 0 Å². The number of aliphatic carboxylic acids is 1. The Morgan fingerprint density at radius 2 is 0.823 bits per heavy atom. The van der Waals surface area contributed by atoms with Gasteiger partial charge in [-0.25, -0.2) is 4.79 Å². The van der Waals surface area contributed by atoms with Gasteiger partial charge in [-0.1, -0.05) is 247 Å². The molecule has 1 saturated heterocycles. The third kappa shape index (κ3) is 44.3. The first-order valence-electron chi connectivity index (χ1n) is 31.6. The van der Waals surface area contributed by atoms with Crippen molar-refractivity contribution >= 4 is 23.9 Å². The molecule has 0 bridgehead atoms. The molecule has 0 aromatic rings. The highest BCUT2D eigenvalue weighted by atomic mass is 16.7. The molecule has 452 valence electrons. The van der Waals surface area contributed by atoms with Crippen molar-refractivity contribution in [1.82, 2.24) is 0 Å². The summed E-state index contributed by atoms with van der Waals surface area (Å²) in [5.41, 5.74) is 0. The van der Waals surface area contributed by atoms with Crippen molar-refractivity contribution in [3.8, 4) is 0 Å². The van der Waals surface area contributed by atoms with Crippen LogP contribution in [0.1, 0.15) is 265 Å². The maximum atomic E-state index is 13.1. The van der Waals surface area contributed by atoms with Crippen molar-refractivity contribution < 1.29 is 58.2 Å². The second-order valence-electron chi connectivity index (χ2n) is 21.3. The number of carboxylic acids is 1. The normalized spacial score (nSPS) is 18.4.